The fourth-order valence-corrected chi connectivity index (χ4v) is 2.86. The molecule has 0 aromatic rings. The highest BCUT2D eigenvalue weighted by molar-refractivity contribution is 5.85. The number of hydrogen-bond acceptors (Lipinski definition) is 1. The molecule has 0 atom stereocenters. The van der Waals surface area contributed by atoms with Gasteiger partial charge in [0.25, 0.3) is 0 Å². The van der Waals surface area contributed by atoms with E-state index in [1.54, 1.807) is 0 Å². The van der Waals surface area contributed by atoms with E-state index in [9.17, 15) is 0 Å². The monoisotopic (exact) mass is 269 g/mol. The van der Waals surface area contributed by atoms with Gasteiger partial charge in [-0.25, -0.2) is 0 Å². The summed E-state index contributed by atoms with van der Waals surface area (Å²) in [6.07, 6.45) is 18.1. The molecule has 0 aliphatic carbocycles. The van der Waals surface area contributed by atoms with E-state index in [1.165, 1.54) is 38.5 Å². The Morgan fingerprint density at radius 3 is 1.39 bits per heavy atom. The molecule has 104 valence electrons. The topological polar surface area (TPSA) is 3.24 Å². The minimum Gasteiger partial charge on any atom is -0.275 e. The largest absolute Gasteiger partial charge is 0.275 e. The summed E-state index contributed by atoms with van der Waals surface area (Å²) in [6, 6.07) is 0. The first-order valence-electron chi connectivity index (χ1n) is 6.82. The summed E-state index contributed by atoms with van der Waals surface area (Å²) in [5, 5.41) is 0. The molecule has 0 aromatic carbocycles. The molecule has 0 aliphatic rings. The highest BCUT2D eigenvalue weighted by atomic mass is 35.5. The van der Waals surface area contributed by atoms with Crippen LogP contribution in [0.1, 0.15) is 59.3 Å². The molecule has 0 aromatic heterocycles. The first-order valence-corrected chi connectivity index (χ1v) is 6.82. The molecule has 0 amide bonds. The highest BCUT2D eigenvalue weighted by Gasteiger charge is 2.33. The Morgan fingerprint density at radius 1 is 0.833 bits per heavy atom. The van der Waals surface area contributed by atoms with Crippen LogP contribution in [-0.2, 0) is 0 Å². The Balaban J connectivity index is 0. The third-order valence-corrected chi connectivity index (χ3v) is 3.38. The summed E-state index contributed by atoms with van der Waals surface area (Å²) >= 11 is 0. The average molecular weight is 270 g/mol. The Bertz CT molecular complexity index is 239. The van der Waals surface area contributed by atoms with Crippen LogP contribution >= 0.6 is 12.4 Å². The molecule has 0 heterocycles. The molecule has 0 N–H and O–H groups in total. The zero-order chi connectivity index (χ0) is 13.1. The number of rotatable bonds is 9. The number of nitrogens with zero attached hydrogens (tertiary/aromatic N) is 1. The second-order valence-electron chi connectivity index (χ2n) is 4.74. The van der Waals surface area contributed by atoms with Gasteiger partial charge >= 0.3 is 0 Å². The zero-order valence-electron chi connectivity index (χ0n) is 12.2. The summed E-state index contributed by atoms with van der Waals surface area (Å²) < 4.78 is 0. The average Bonchev–Trinajstić information content (AvgIpc) is 2.29. The lowest BCUT2D eigenvalue weighted by molar-refractivity contribution is 0.0853. The lowest BCUT2D eigenvalue weighted by Gasteiger charge is -2.43. The maximum Gasteiger partial charge on any atom is 0.0612 e. The van der Waals surface area contributed by atoms with Crippen molar-refractivity contribution in [2.75, 3.05) is 13.1 Å². The van der Waals surface area contributed by atoms with Crippen molar-refractivity contribution < 1.29 is 0 Å². The normalized spacial score (nSPS) is 10.6. The standard InChI is InChI=1S/C16H27N.ClH/c1-6-11-16(12-7-2,13-8-3)17(14-9-4)15-10-5;/h4-5H,6-8,11-15H2,1-3H3;1H. The van der Waals surface area contributed by atoms with Gasteiger partial charge in [-0.2, -0.15) is 0 Å². The second-order valence-corrected chi connectivity index (χ2v) is 4.74. The van der Waals surface area contributed by atoms with Crippen LogP contribution in [0.3, 0.4) is 0 Å². The molecule has 0 fully saturated rings. The first kappa shape index (κ1) is 19.7. The molecule has 0 saturated heterocycles. The van der Waals surface area contributed by atoms with Gasteiger partial charge in [-0.15, -0.1) is 25.3 Å². The van der Waals surface area contributed by atoms with E-state index < -0.39 is 0 Å². The predicted molar refractivity (Wildman–Crippen MR) is 83.9 cm³/mol. The highest BCUT2D eigenvalue weighted by Crippen LogP contribution is 2.31. The molecule has 0 saturated carbocycles. The summed E-state index contributed by atoms with van der Waals surface area (Å²) in [5.74, 6) is 5.53. The van der Waals surface area contributed by atoms with Crippen molar-refractivity contribution in [2.24, 2.45) is 0 Å². The number of halogens is 1. The third-order valence-electron chi connectivity index (χ3n) is 3.38. The van der Waals surface area contributed by atoms with Gasteiger partial charge in [-0.3, -0.25) is 4.90 Å². The van der Waals surface area contributed by atoms with E-state index in [0.717, 1.165) is 0 Å². The van der Waals surface area contributed by atoms with Crippen molar-refractivity contribution in [3.8, 4) is 24.7 Å². The van der Waals surface area contributed by atoms with Crippen LogP contribution in [-0.4, -0.2) is 23.5 Å². The molecule has 0 bridgehead atoms. The summed E-state index contributed by atoms with van der Waals surface area (Å²) in [6.45, 7) is 8.06. The Kier molecular flexibility index (Phi) is 12.5. The lowest BCUT2D eigenvalue weighted by atomic mass is 9.82. The van der Waals surface area contributed by atoms with Crippen LogP contribution in [0.4, 0.5) is 0 Å². The summed E-state index contributed by atoms with van der Waals surface area (Å²) in [4.78, 5) is 2.34. The van der Waals surface area contributed by atoms with Gasteiger partial charge in [0.15, 0.2) is 0 Å². The van der Waals surface area contributed by atoms with Gasteiger partial charge in [0.05, 0.1) is 13.1 Å². The maximum atomic E-state index is 5.48. The van der Waals surface area contributed by atoms with Crippen molar-refractivity contribution in [3.63, 3.8) is 0 Å². The number of hydrogen-bond donors (Lipinski definition) is 0. The fourth-order valence-electron chi connectivity index (χ4n) is 2.86. The molecule has 0 aliphatic heterocycles. The molecular formula is C16H28ClN. The van der Waals surface area contributed by atoms with E-state index in [-0.39, 0.29) is 17.9 Å². The number of terminal acetylenes is 2. The Morgan fingerprint density at radius 2 is 1.17 bits per heavy atom. The second kappa shape index (κ2) is 11.5. The molecule has 0 unspecified atom stereocenters. The smallest absolute Gasteiger partial charge is 0.0612 e. The van der Waals surface area contributed by atoms with Crippen LogP contribution in [0.15, 0.2) is 0 Å². The van der Waals surface area contributed by atoms with Crippen molar-refractivity contribution in [1.82, 2.24) is 4.90 Å². The minimum atomic E-state index is 0. The van der Waals surface area contributed by atoms with E-state index >= 15 is 0 Å². The van der Waals surface area contributed by atoms with Gasteiger partial charge in [-0.05, 0) is 19.3 Å². The van der Waals surface area contributed by atoms with Crippen molar-refractivity contribution in [2.45, 2.75) is 64.8 Å². The van der Waals surface area contributed by atoms with Crippen molar-refractivity contribution >= 4 is 12.4 Å². The zero-order valence-corrected chi connectivity index (χ0v) is 13.0. The molecular weight excluding hydrogens is 242 g/mol. The van der Waals surface area contributed by atoms with Crippen LogP contribution in [0.5, 0.6) is 0 Å². The predicted octanol–water partition coefficient (Wildman–Crippen LogP) is 4.12. The molecule has 18 heavy (non-hydrogen) atoms. The van der Waals surface area contributed by atoms with Crippen LogP contribution in [0.25, 0.3) is 0 Å². The van der Waals surface area contributed by atoms with Gasteiger partial charge in [-0.1, -0.05) is 51.9 Å². The Labute approximate surface area is 120 Å². The fraction of sp³-hybridized carbons (Fsp3) is 0.750. The van der Waals surface area contributed by atoms with Crippen LogP contribution < -0.4 is 0 Å². The SMILES string of the molecule is C#CCN(CC#C)C(CCC)(CCC)CCC.Cl. The van der Waals surface area contributed by atoms with E-state index in [1.807, 2.05) is 0 Å². The molecule has 0 radical (unpaired) electrons. The van der Waals surface area contributed by atoms with Crippen molar-refractivity contribution in [3.05, 3.63) is 0 Å². The minimum absolute atomic E-state index is 0. The molecule has 1 nitrogen and oxygen atoms in total. The quantitative estimate of drug-likeness (QED) is 0.569. The van der Waals surface area contributed by atoms with E-state index in [2.05, 4.69) is 37.5 Å². The molecule has 0 rings (SSSR count). The van der Waals surface area contributed by atoms with Crippen molar-refractivity contribution in [1.29, 1.82) is 0 Å². The van der Waals surface area contributed by atoms with Gasteiger partial charge in [0.2, 0.25) is 0 Å². The van der Waals surface area contributed by atoms with Gasteiger partial charge in [0.1, 0.15) is 0 Å². The van der Waals surface area contributed by atoms with E-state index in [4.69, 9.17) is 12.8 Å². The van der Waals surface area contributed by atoms with E-state index in [0.29, 0.717) is 13.1 Å². The van der Waals surface area contributed by atoms with Crippen LogP contribution in [0.2, 0.25) is 0 Å². The molecule has 0 spiro atoms. The summed E-state index contributed by atoms with van der Waals surface area (Å²) in [5.41, 5.74) is 0.219. The summed E-state index contributed by atoms with van der Waals surface area (Å²) in [7, 11) is 0. The lowest BCUT2D eigenvalue weighted by Crippen LogP contribution is -2.49. The van der Waals surface area contributed by atoms with Gasteiger partial charge < -0.3 is 0 Å². The molecule has 2 heteroatoms. The van der Waals surface area contributed by atoms with Crippen LogP contribution in [0, 0.1) is 24.7 Å². The third kappa shape index (κ3) is 5.81. The Hall–Kier alpha value is -0.630. The van der Waals surface area contributed by atoms with Gasteiger partial charge in [0, 0.05) is 5.54 Å². The maximum absolute atomic E-state index is 5.48. The first-order chi connectivity index (χ1) is 8.20.